The van der Waals surface area contributed by atoms with Crippen molar-refractivity contribution >= 4 is 10.9 Å². The van der Waals surface area contributed by atoms with Gasteiger partial charge in [-0.2, -0.15) is 0 Å². The number of para-hydroxylation sites is 1. The number of aromatic nitrogens is 1. The molecule has 4 nitrogen and oxygen atoms in total. The molecule has 0 N–H and O–H groups in total. The highest BCUT2D eigenvalue weighted by Crippen LogP contribution is 2.24. The van der Waals surface area contributed by atoms with Crippen molar-refractivity contribution in [3.8, 4) is 0 Å². The second-order valence-electron chi connectivity index (χ2n) is 8.74. The van der Waals surface area contributed by atoms with Crippen molar-refractivity contribution in [3.63, 3.8) is 0 Å². The first-order valence-electron chi connectivity index (χ1n) is 11.3. The monoisotopic (exact) mass is 381 g/mol. The third-order valence-corrected chi connectivity index (χ3v) is 6.71. The lowest BCUT2D eigenvalue weighted by Crippen LogP contribution is -2.48. The van der Waals surface area contributed by atoms with E-state index >= 15 is 0 Å². The summed E-state index contributed by atoms with van der Waals surface area (Å²) in [4.78, 5) is 17.6. The van der Waals surface area contributed by atoms with Crippen LogP contribution in [0.3, 0.4) is 0 Å². The number of hydrogen-bond acceptors (Lipinski definition) is 3. The summed E-state index contributed by atoms with van der Waals surface area (Å²) in [6.45, 7) is 8.21. The van der Waals surface area contributed by atoms with E-state index in [1.165, 1.54) is 64.8 Å². The normalized spacial score (nSPS) is 20.0. The summed E-state index contributed by atoms with van der Waals surface area (Å²) in [5, 5.41) is 1.15. The number of rotatable bonds is 7. The second-order valence-corrected chi connectivity index (χ2v) is 8.74. The van der Waals surface area contributed by atoms with Gasteiger partial charge >= 0.3 is 0 Å². The lowest BCUT2D eigenvalue weighted by Gasteiger charge is -2.37. The van der Waals surface area contributed by atoms with E-state index < -0.39 is 0 Å². The van der Waals surface area contributed by atoms with Crippen molar-refractivity contribution in [2.24, 2.45) is 5.92 Å². The fourth-order valence-electron chi connectivity index (χ4n) is 5.01. The Morgan fingerprint density at radius 1 is 0.786 bits per heavy atom. The molecule has 1 aliphatic heterocycles. The van der Waals surface area contributed by atoms with Crippen LogP contribution in [0, 0.1) is 5.92 Å². The smallest absolute Gasteiger partial charge is 0.251 e. The molecule has 28 heavy (non-hydrogen) atoms. The van der Waals surface area contributed by atoms with E-state index in [0.717, 1.165) is 42.8 Å². The molecule has 0 bridgehead atoms. The first-order chi connectivity index (χ1) is 13.8. The standard InChI is InChI=1S/C24H35N3O/c28-24-13-12-22-10-4-5-11-23(22)27(24)15-7-6-14-25-16-18-26(19-17-25)20-21-8-2-1-3-9-21/h4-5,10-13,21H,1-3,6-9,14-20H2. The molecule has 0 atom stereocenters. The van der Waals surface area contributed by atoms with Gasteiger partial charge in [0.25, 0.3) is 5.56 Å². The van der Waals surface area contributed by atoms with Crippen molar-refractivity contribution in [1.82, 2.24) is 14.4 Å². The second kappa shape index (κ2) is 9.71. The maximum atomic E-state index is 12.3. The van der Waals surface area contributed by atoms with Crippen LogP contribution >= 0.6 is 0 Å². The fourth-order valence-corrected chi connectivity index (χ4v) is 5.01. The van der Waals surface area contributed by atoms with Crippen LogP contribution in [0.4, 0.5) is 0 Å². The summed E-state index contributed by atoms with van der Waals surface area (Å²) in [7, 11) is 0. The Morgan fingerprint density at radius 3 is 2.32 bits per heavy atom. The lowest BCUT2D eigenvalue weighted by molar-refractivity contribution is 0.108. The molecule has 0 radical (unpaired) electrons. The Hall–Kier alpha value is -1.65. The van der Waals surface area contributed by atoms with Crippen LogP contribution in [0.2, 0.25) is 0 Å². The Labute approximate surface area is 169 Å². The van der Waals surface area contributed by atoms with E-state index in [9.17, 15) is 4.79 Å². The van der Waals surface area contributed by atoms with E-state index in [2.05, 4.69) is 21.9 Å². The van der Waals surface area contributed by atoms with Crippen molar-refractivity contribution in [2.75, 3.05) is 39.3 Å². The molecule has 1 aliphatic carbocycles. The summed E-state index contributed by atoms with van der Waals surface area (Å²) in [5.41, 5.74) is 1.18. The zero-order valence-electron chi connectivity index (χ0n) is 17.2. The molecule has 1 saturated heterocycles. The molecule has 2 aromatic rings. The minimum atomic E-state index is 0.120. The Morgan fingerprint density at radius 2 is 1.50 bits per heavy atom. The van der Waals surface area contributed by atoms with Gasteiger partial charge in [-0.3, -0.25) is 4.79 Å². The molecule has 1 saturated carbocycles. The Balaban J connectivity index is 1.19. The SMILES string of the molecule is O=c1ccc2ccccc2n1CCCCN1CCN(CC2CCCCC2)CC1. The van der Waals surface area contributed by atoms with Gasteiger partial charge in [0.2, 0.25) is 0 Å². The predicted octanol–water partition coefficient (Wildman–Crippen LogP) is 3.98. The Bertz CT molecular complexity index is 801. The molecule has 0 amide bonds. The van der Waals surface area contributed by atoms with Gasteiger partial charge in [0, 0.05) is 45.3 Å². The zero-order chi connectivity index (χ0) is 19.2. The van der Waals surface area contributed by atoms with E-state index in [-0.39, 0.29) is 5.56 Å². The molecule has 0 spiro atoms. The van der Waals surface area contributed by atoms with Crippen molar-refractivity contribution in [2.45, 2.75) is 51.5 Å². The number of aryl methyl sites for hydroxylation is 1. The number of piperazine rings is 1. The first-order valence-corrected chi connectivity index (χ1v) is 11.3. The molecule has 1 aromatic heterocycles. The topological polar surface area (TPSA) is 28.5 Å². The van der Waals surface area contributed by atoms with Gasteiger partial charge in [-0.25, -0.2) is 0 Å². The molecule has 2 fully saturated rings. The minimum absolute atomic E-state index is 0.120. The highest BCUT2D eigenvalue weighted by molar-refractivity contribution is 5.78. The van der Waals surface area contributed by atoms with Crippen LogP contribution in [0.1, 0.15) is 44.9 Å². The molecule has 2 aliphatic rings. The predicted molar refractivity (Wildman–Crippen MR) is 117 cm³/mol. The van der Waals surface area contributed by atoms with Gasteiger partial charge in [-0.1, -0.05) is 37.5 Å². The van der Waals surface area contributed by atoms with Gasteiger partial charge in [-0.05, 0) is 55.7 Å². The van der Waals surface area contributed by atoms with Gasteiger partial charge in [0.1, 0.15) is 0 Å². The van der Waals surface area contributed by atoms with Gasteiger partial charge < -0.3 is 14.4 Å². The maximum Gasteiger partial charge on any atom is 0.251 e. The van der Waals surface area contributed by atoms with Crippen LogP contribution in [-0.2, 0) is 6.54 Å². The summed E-state index contributed by atoms with van der Waals surface area (Å²) in [5.74, 6) is 0.958. The first kappa shape index (κ1) is 19.7. The van der Waals surface area contributed by atoms with Crippen LogP contribution in [-0.4, -0.2) is 53.6 Å². The molecule has 2 heterocycles. The zero-order valence-corrected chi connectivity index (χ0v) is 17.2. The van der Waals surface area contributed by atoms with Crippen molar-refractivity contribution in [3.05, 3.63) is 46.8 Å². The number of nitrogens with zero attached hydrogens (tertiary/aromatic N) is 3. The number of benzene rings is 1. The maximum absolute atomic E-state index is 12.3. The van der Waals surface area contributed by atoms with E-state index in [4.69, 9.17) is 0 Å². The molecule has 4 rings (SSSR count). The summed E-state index contributed by atoms with van der Waals surface area (Å²) >= 11 is 0. The number of fused-ring (bicyclic) bond motifs is 1. The third kappa shape index (κ3) is 5.03. The van der Waals surface area contributed by atoms with Crippen LogP contribution < -0.4 is 5.56 Å². The quantitative estimate of drug-likeness (QED) is 0.679. The summed E-state index contributed by atoms with van der Waals surface area (Å²) in [6, 6.07) is 11.8. The largest absolute Gasteiger partial charge is 0.308 e. The van der Waals surface area contributed by atoms with Crippen LogP contribution in [0.15, 0.2) is 41.2 Å². The number of pyridine rings is 1. The highest BCUT2D eigenvalue weighted by Gasteiger charge is 2.21. The highest BCUT2D eigenvalue weighted by atomic mass is 16.1. The molecular formula is C24H35N3O. The van der Waals surface area contributed by atoms with Crippen LogP contribution in [0.25, 0.3) is 10.9 Å². The van der Waals surface area contributed by atoms with Gasteiger partial charge in [0.05, 0.1) is 5.52 Å². The summed E-state index contributed by atoms with van der Waals surface area (Å²) in [6.07, 6.45) is 9.49. The fraction of sp³-hybridized carbons (Fsp3) is 0.625. The van der Waals surface area contributed by atoms with Gasteiger partial charge in [0.15, 0.2) is 0 Å². The van der Waals surface area contributed by atoms with Gasteiger partial charge in [-0.15, -0.1) is 0 Å². The number of hydrogen-bond donors (Lipinski definition) is 0. The average Bonchev–Trinajstić information content (AvgIpc) is 2.74. The minimum Gasteiger partial charge on any atom is -0.308 e. The molecule has 0 unspecified atom stereocenters. The van der Waals surface area contributed by atoms with Crippen LogP contribution in [0.5, 0.6) is 0 Å². The number of unbranched alkanes of at least 4 members (excludes halogenated alkanes) is 1. The van der Waals surface area contributed by atoms with Crippen molar-refractivity contribution < 1.29 is 0 Å². The Kier molecular flexibility index (Phi) is 6.81. The average molecular weight is 382 g/mol. The van der Waals surface area contributed by atoms with E-state index in [1.807, 2.05) is 22.8 Å². The molecule has 1 aromatic carbocycles. The van der Waals surface area contributed by atoms with E-state index in [1.54, 1.807) is 6.07 Å². The summed E-state index contributed by atoms with van der Waals surface area (Å²) < 4.78 is 1.94. The molecule has 152 valence electrons. The van der Waals surface area contributed by atoms with E-state index in [0.29, 0.717) is 0 Å². The lowest BCUT2D eigenvalue weighted by atomic mass is 9.89. The molecular weight excluding hydrogens is 346 g/mol. The van der Waals surface area contributed by atoms with Crippen molar-refractivity contribution in [1.29, 1.82) is 0 Å². The third-order valence-electron chi connectivity index (χ3n) is 6.71. The molecule has 4 heteroatoms.